The van der Waals surface area contributed by atoms with Gasteiger partial charge in [-0.1, -0.05) is 24.3 Å². The SMILES string of the molecule is CC(N[S+]([O-])c1ccccc1-c1ccc(-c2cnc(N)nc2)c(F)c1)C(=O)OC(C)(C)C. The van der Waals surface area contributed by atoms with Crippen molar-refractivity contribution >= 4 is 23.3 Å². The van der Waals surface area contributed by atoms with Crippen molar-refractivity contribution in [1.82, 2.24) is 14.7 Å². The lowest BCUT2D eigenvalue weighted by Crippen LogP contribution is -2.42. The van der Waals surface area contributed by atoms with E-state index >= 15 is 0 Å². The number of nitrogen functional groups attached to an aromatic ring is 1. The van der Waals surface area contributed by atoms with Gasteiger partial charge in [-0.2, -0.15) is 0 Å². The van der Waals surface area contributed by atoms with Crippen LogP contribution in [0.25, 0.3) is 22.3 Å². The van der Waals surface area contributed by atoms with Crippen molar-refractivity contribution in [1.29, 1.82) is 0 Å². The summed E-state index contributed by atoms with van der Waals surface area (Å²) in [4.78, 5) is 20.4. The molecule has 168 valence electrons. The highest BCUT2D eigenvalue weighted by atomic mass is 32.2. The number of ether oxygens (including phenoxy) is 1. The Labute approximate surface area is 189 Å². The molecule has 3 rings (SSSR count). The number of carbonyl (C=O) groups excluding carboxylic acids is 1. The molecule has 3 N–H and O–H groups in total. The lowest BCUT2D eigenvalue weighted by molar-refractivity contribution is -0.156. The Morgan fingerprint density at radius 3 is 2.41 bits per heavy atom. The minimum Gasteiger partial charge on any atom is -0.593 e. The molecule has 0 spiro atoms. The number of nitrogens with zero attached hydrogens (tertiary/aromatic N) is 2. The summed E-state index contributed by atoms with van der Waals surface area (Å²) >= 11 is -1.73. The van der Waals surface area contributed by atoms with Gasteiger partial charge < -0.3 is 15.0 Å². The standard InChI is InChI=1S/C23H25FN4O3S/c1-14(21(29)31-23(2,3)4)28-32(30)20-8-6-5-7-18(20)15-9-10-17(19(24)11-15)16-12-26-22(25)27-13-16/h5-14,28H,1-4H3,(H2,25,26,27). The van der Waals surface area contributed by atoms with Crippen LogP contribution in [0.2, 0.25) is 0 Å². The second kappa shape index (κ2) is 9.64. The van der Waals surface area contributed by atoms with Crippen LogP contribution in [0, 0.1) is 5.82 Å². The van der Waals surface area contributed by atoms with E-state index in [-0.39, 0.29) is 5.95 Å². The number of carbonyl (C=O) groups is 1. The fourth-order valence-corrected chi connectivity index (χ4v) is 4.06. The van der Waals surface area contributed by atoms with Crippen molar-refractivity contribution in [2.24, 2.45) is 0 Å². The van der Waals surface area contributed by atoms with Gasteiger partial charge in [-0.05, 0) is 51.5 Å². The molecule has 0 fully saturated rings. The van der Waals surface area contributed by atoms with Crippen LogP contribution in [0.5, 0.6) is 0 Å². The Bertz CT molecular complexity index is 1100. The van der Waals surface area contributed by atoms with E-state index in [1.165, 1.54) is 18.5 Å². The zero-order chi connectivity index (χ0) is 23.5. The van der Waals surface area contributed by atoms with Crippen LogP contribution in [0.3, 0.4) is 0 Å². The third kappa shape index (κ3) is 5.82. The summed E-state index contributed by atoms with van der Waals surface area (Å²) in [6.45, 7) is 6.87. The topological polar surface area (TPSA) is 113 Å². The maximum atomic E-state index is 14.9. The number of anilines is 1. The second-order valence-corrected chi connectivity index (χ2v) is 9.38. The van der Waals surface area contributed by atoms with Crippen LogP contribution < -0.4 is 10.5 Å². The first kappa shape index (κ1) is 23.6. The van der Waals surface area contributed by atoms with Crippen molar-refractivity contribution in [2.45, 2.75) is 44.2 Å². The molecule has 7 nitrogen and oxygen atoms in total. The molecule has 1 aromatic heterocycles. The molecule has 2 atom stereocenters. The van der Waals surface area contributed by atoms with E-state index in [2.05, 4.69) is 14.7 Å². The lowest BCUT2D eigenvalue weighted by Gasteiger charge is -2.23. The molecule has 0 saturated carbocycles. The van der Waals surface area contributed by atoms with Crippen molar-refractivity contribution in [3.8, 4) is 22.3 Å². The molecule has 9 heteroatoms. The largest absolute Gasteiger partial charge is 0.593 e. The molecule has 0 aliphatic rings. The number of aromatic nitrogens is 2. The van der Waals surface area contributed by atoms with Crippen LogP contribution in [0.4, 0.5) is 10.3 Å². The van der Waals surface area contributed by atoms with Crippen LogP contribution in [-0.2, 0) is 20.9 Å². The molecule has 0 saturated heterocycles. The van der Waals surface area contributed by atoms with Gasteiger partial charge in [-0.25, -0.2) is 14.4 Å². The molecule has 0 aliphatic carbocycles. The molecular formula is C23H25FN4O3S. The highest BCUT2D eigenvalue weighted by Gasteiger charge is 2.27. The first-order valence-electron chi connectivity index (χ1n) is 9.93. The van der Waals surface area contributed by atoms with E-state index in [1.54, 1.807) is 64.1 Å². The monoisotopic (exact) mass is 456 g/mol. The van der Waals surface area contributed by atoms with Gasteiger partial charge in [0.15, 0.2) is 4.90 Å². The number of hydrogen-bond acceptors (Lipinski definition) is 7. The number of benzene rings is 2. The molecule has 2 unspecified atom stereocenters. The van der Waals surface area contributed by atoms with Gasteiger partial charge in [0.1, 0.15) is 17.5 Å². The van der Waals surface area contributed by atoms with E-state index in [9.17, 15) is 13.7 Å². The van der Waals surface area contributed by atoms with Crippen molar-refractivity contribution < 1.29 is 18.5 Å². The molecule has 1 heterocycles. The lowest BCUT2D eigenvalue weighted by atomic mass is 10.0. The summed E-state index contributed by atoms with van der Waals surface area (Å²) in [5.41, 5.74) is 6.77. The molecular weight excluding hydrogens is 431 g/mol. The van der Waals surface area contributed by atoms with Gasteiger partial charge in [0.25, 0.3) is 0 Å². The van der Waals surface area contributed by atoms with Crippen LogP contribution in [0.1, 0.15) is 27.7 Å². The number of esters is 1. The predicted octanol–water partition coefficient (Wildman–Crippen LogP) is 3.87. The summed E-state index contributed by atoms with van der Waals surface area (Å²) in [7, 11) is 0. The highest BCUT2D eigenvalue weighted by Crippen LogP contribution is 2.31. The molecule has 0 aliphatic heterocycles. The Morgan fingerprint density at radius 2 is 1.78 bits per heavy atom. The Morgan fingerprint density at radius 1 is 1.12 bits per heavy atom. The normalized spacial score (nSPS) is 13.4. The van der Waals surface area contributed by atoms with Gasteiger partial charge >= 0.3 is 5.97 Å². The van der Waals surface area contributed by atoms with Crippen molar-refractivity contribution in [3.05, 3.63) is 60.7 Å². The molecule has 0 radical (unpaired) electrons. The maximum Gasteiger partial charge on any atom is 0.327 e. The predicted molar refractivity (Wildman–Crippen MR) is 122 cm³/mol. The third-order valence-corrected chi connectivity index (χ3v) is 5.72. The van der Waals surface area contributed by atoms with Gasteiger partial charge in [-0.3, -0.25) is 4.79 Å². The van der Waals surface area contributed by atoms with Crippen LogP contribution >= 0.6 is 0 Å². The Hall–Kier alpha value is -3.01. The van der Waals surface area contributed by atoms with Crippen molar-refractivity contribution in [2.75, 3.05) is 5.73 Å². The van der Waals surface area contributed by atoms with Gasteiger partial charge in [0.05, 0.1) is 11.4 Å². The number of halogens is 1. The van der Waals surface area contributed by atoms with E-state index in [1.807, 2.05) is 0 Å². The molecule has 3 aromatic rings. The van der Waals surface area contributed by atoms with E-state index < -0.39 is 34.8 Å². The fraction of sp³-hybridized carbons (Fsp3) is 0.261. The first-order valence-corrected chi connectivity index (χ1v) is 11.1. The van der Waals surface area contributed by atoms with Gasteiger partial charge in [-0.15, -0.1) is 4.72 Å². The zero-order valence-corrected chi connectivity index (χ0v) is 19.1. The highest BCUT2D eigenvalue weighted by molar-refractivity contribution is 7.89. The smallest absolute Gasteiger partial charge is 0.327 e. The van der Waals surface area contributed by atoms with Gasteiger partial charge in [0, 0.05) is 29.1 Å². The summed E-state index contributed by atoms with van der Waals surface area (Å²) < 4.78 is 36.0. The summed E-state index contributed by atoms with van der Waals surface area (Å²) in [5, 5.41) is 0. The summed E-state index contributed by atoms with van der Waals surface area (Å²) in [6.07, 6.45) is 2.90. The number of hydrogen-bond donors (Lipinski definition) is 2. The third-order valence-electron chi connectivity index (χ3n) is 4.39. The van der Waals surface area contributed by atoms with Crippen molar-refractivity contribution in [3.63, 3.8) is 0 Å². The maximum absolute atomic E-state index is 14.9. The first-order chi connectivity index (χ1) is 15.0. The van der Waals surface area contributed by atoms with E-state index in [0.29, 0.717) is 27.1 Å². The molecule has 2 aromatic carbocycles. The summed E-state index contributed by atoms with van der Waals surface area (Å²) in [5.74, 6) is -0.883. The Balaban J connectivity index is 1.85. The minimum atomic E-state index is -1.73. The van der Waals surface area contributed by atoms with Crippen LogP contribution in [0.15, 0.2) is 59.8 Å². The van der Waals surface area contributed by atoms with E-state index in [4.69, 9.17) is 10.5 Å². The number of nitrogens with one attached hydrogen (secondary N) is 1. The average Bonchev–Trinajstić information content (AvgIpc) is 2.73. The quantitative estimate of drug-likeness (QED) is 0.427. The molecule has 32 heavy (non-hydrogen) atoms. The molecule has 0 bridgehead atoms. The van der Waals surface area contributed by atoms with E-state index in [0.717, 1.165) is 0 Å². The average molecular weight is 457 g/mol. The fourth-order valence-electron chi connectivity index (χ4n) is 2.92. The summed E-state index contributed by atoms with van der Waals surface area (Å²) in [6, 6.07) is 10.8. The van der Waals surface area contributed by atoms with Gasteiger partial charge in [0.2, 0.25) is 5.95 Å². The number of nitrogens with two attached hydrogens (primary N) is 1. The number of rotatable bonds is 6. The zero-order valence-electron chi connectivity index (χ0n) is 18.3. The second-order valence-electron chi connectivity index (χ2n) is 8.16. The minimum absolute atomic E-state index is 0.107. The Kier molecular flexibility index (Phi) is 7.12. The molecule has 0 amide bonds. The van der Waals surface area contributed by atoms with Crippen LogP contribution in [-0.4, -0.2) is 32.1 Å².